The van der Waals surface area contributed by atoms with Crippen LogP contribution in [-0.4, -0.2) is 23.7 Å². The second-order valence-electron chi connectivity index (χ2n) is 8.66. The summed E-state index contributed by atoms with van der Waals surface area (Å²) in [7, 11) is 0. The monoisotopic (exact) mass is 423 g/mol. The lowest BCUT2D eigenvalue weighted by atomic mass is 9.82. The summed E-state index contributed by atoms with van der Waals surface area (Å²) in [5.74, 6) is -0.265. The van der Waals surface area contributed by atoms with Crippen molar-refractivity contribution < 1.29 is 13.9 Å². The highest BCUT2D eigenvalue weighted by atomic mass is 19.1. The van der Waals surface area contributed by atoms with E-state index < -0.39 is 11.4 Å². The molecule has 6 heteroatoms. The molecule has 1 amide bonds. The maximum Gasteiger partial charge on any atom is 0.262 e. The number of amides is 1. The number of aromatic nitrogens is 1. The number of benzene rings is 1. The van der Waals surface area contributed by atoms with Crippen molar-refractivity contribution in [3.63, 3.8) is 0 Å². The zero-order valence-corrected chi connectivity index (χ0v) is 18.7. The number of nitrogens with one attached hydrogen (secondary N) is 1. The van der Waals surface area contributed by atoms with Crippen LogP contribution in [0.2, 0.25) is 0 Å². The third kappa shape index (κ3) is 5.05. The Bertz CT molecular complexity index is 1010. The van der Waals surface area contributed by atoms with Crippen LogP contribution in [0.5, 0.6) is 0 Å². The third-order valence-electron chi connectivity index (χ3n) is 5.92. The molecule has 1 aliphatic rings. The normalized spacial score (nSPS) is 16.2. The van der Waals surface area contributed by atoms with Gasteiger partial charge in [0.1, 0.15) is 17.5 Å². The van der Waals surface area contributed by atoms with E-state index >= 15 is 0 Å². The molecular weight excluding hydrogens is 393 g/mol. The van der Waals surface area contributed by atoms with Crippen molar-refractivity contribution in [2.45, 2.75) is 52.6 Å². The number of ether oxygens (including phenoxy) is 1. The van der Waals surface area contributed by atoms with E-state index in [4.69, 9.17) is 4.74 Å². The molecule has 1 N–H and O–H groups in total. The van der Waals surface area contributed by atoms with Crippen LogP contribution in [0.3, 0.4) is 0 Å². The molecule has 0 atom stereocenters. The Morgan fingerprint density at radius 2 is 1.94 bits per heavy atom. The van der Waals surface area contributed by atoms with Crippen molar-refractivity contribution in [3.8, 4) is 6.07 Å². The van der Waals surface area contributed by atoms with E-state index in [-0.39, 0.29) is 11.4 Å². The molecule has 1 aliphatic heterocycles. The van der Waals surface area contributed by atoms with Crippen LogP contribution in [0.15, 0.2) is 35.9 Å². The molecule has 0 radical (unpaired) electrons. The van der Waals surface area contributed by atoms with Crippen LogP contribution >= 0.6 is 0 Å². The van der Waals surface area contributed by atoms with Crippen molar-refractivity contribution in [1.82, 2.24) is 9.88 Å². The molecule has 0 aliphatic carbocycles. The molecule has 1 aromatic heterocycles. The Hall–Kier alpha value is -2.91. The van der Waals surface area contributed by atoms with E-state index in [0.717, 1.165) is 29.1 Å². The van der Waals surface area contributed by atoms with Crippen LogP contribution in [0, 0.1) is 36.9 Å². The van der Waals surface area contributed by atoms with E-state index in [1.165, 1.54) is 12.1 Å². The smallest absolute Gasteiger partial charge is 0.262 e. The Morgan fingerprint density at radius 1 is 1.29 bits per heavy atom. The molecule has 0 bridgehead atoms. The van der Waals surface area contributed by atoms with Crippen molar-refractivity contribution in [2.24, 2.45) is 5.92 Å². The molecule has 1 aromatic carbocycles. The SMILES string of the molecule is Cc1cc(/C=C(/C#N)C(=O)NC2(c3ccc(F)cc3)CCOCC2)c(C)n1CC(C)C. The summed E-state index contributed by atoms with van der Waals surface area (Å²) in [6.07, 6.45) is 2.78. The summed E-state index contributed by atoms with van der Waals surface area (Å²) < 4.78 is 21.2. The first-order valence-electron chi connectivity index (χ1n) is 10.7. The molecule has 5 nitrogen and oxygen atoms in total. The average Bonchev–Trinajstić information content (AvgIpc) is 3.00. The van der Waals surface area contributed by atoms with Gasteiger partial charge in [0, 0.05) is 31.1 Å². The average molecular weight is 424 g/mol. The quantitative estimate of drug-likeness (QED) is 0.544. The highest BCUT2D eigenvalue weighted by Crippen LogP contribution is 2.33. The molecule has 2 heterocycles. The zero-order valence-electron chi connectivity index (χ0n) is 18.7. The van der Waals surface area contributed by atoms with Crippen LogP contribution in [0.4, 0.5) is 4.39 Å². The topological polar surface area (TPSA) is 67.1 Å². The maximum absolute atomic E-state index is 13.5. The molecule has 31 heavy (non-hydrogen) atoms. The van der Waals surface area contributed by atoms with Gasteiger partial charge < -0.3 is 14.6 Å². The minimum Gasteiger partial charge on any atom is -0.381 e. The fourth-order valence-corrected chi connectivity index (χ4v) is 4.18. The lowest BCUT2D eigenvalue weighted by Gasteiger charge is -2.38. The zero-order chi connectivity index (χ0) is 22.6. The van der Waals surface area contributed by atoms with E-state index in [0.29, 0.717) is 32.0 Å². The summed E-state index contributed by atoms with van der Waals surface area (Å²) in [4.78, 5) is 13.1. The highest BCUT2D eigenvalue weighted by Gasteiger charge is 2.36. The molecule has 1 fully saturated rings. The van der Waals surface area contributed by atoms with Gasteiger partial charge in [0.05, 0.1) is 5.54 Å². The van der Waals surface area contributed by atoms with Gasteiger partial charge >= 0.3 is 0 Å². The van der Waals surface area contributed by atoms with Gasteiger partial charge in [-0.15, -0.1) is 0 Å². The van der Waals surface area contributed by atoms with Crippen LogP contribution in [-0.2, 0) is 21.6 Å². The minimum atomic E-state index is -0.687. The lowest BCUT2D eigenvalue weighted by molar-refractivity contribution is -0.120. The number of nitriles is 1. The number of hydrogen-bond acceptors (Lipinski definition) is 3. The molecule has 0 spiro atoms. The van der Waals surface area contributed by atoms with Gasteiger partial charge in [-0.3, -0.25) is 4.79 Å². The standard InChI is InChI=1S/C25H30FN3O2/c1-17(2)16-29-18(3)13-20(19(29)4)14-21(15-27)24(30)28-25(9-11-31-12-10-25)22-5-7-23(26)8-6-22/h5-8,13-14,17H,9-12,16H2,1-4H3,(H,28,30)/b21-14-. The molecule has 0 unspecified atom stereocenters. The maximum atomic E-state index is 13.5. The lowest BCUT2D eigenvalue weighted by Crippen LogP contribution is -2.49. The summed E-state index contributed by atoms with van der Waals surface area (Å²) in [6.45, 7) is 10.2. The Balaban J connectivity index is 1.91. The summed E-state index contributed by atoms with van der Waals surface area (Å²) in [6, 6.07) is 10.2. The number of aryl methyl sites for hydroxylation is 1. The predicted molar refractivity (Wildman–Crippen MR) is 119 cm³/mol. The van der Waals surface area contributed by atoms with E-state index in [1.54, 1.807) is 18.2 Å². The number of rotatable bonds is 6. The number of carbonyl (C=O) groups excluding carboxylic acids is 1. The van der Waals surface area contributed by atoms with Crippen molar-refractivity contribution in [3.05, 3.63) is 64.2 Å². The van der Waals surface area contributed by atoms with E-state index in [1.807, 2.05) is 19.9 Å². The number of hydrogen-bond donors (Lipinski definition) is 1. The first kappa shape index (κ1) is 22.8. The van der Waals surface area contributed by atoms with Crippen LogP contribution in [0.1, 0.15) is 49.2 Å². The number of carbonyl (C=O) groups is 1. The number of halogens is 1. The molecule has 1 saturated heterocycles. The first-order chi connectivity index (χ1) is 14.8. The Kier molecular flexibility index (Phi) is 6.97. The fourth-order valence-electron chi connectivity index (χ4n) is 4.18. The fraction of sp³-hybridized carbons (Fsp3) is 0.440. The van der Waals surface area contributed by atoms with Gasteiger partial charge in [0.15, 0.2) is 0 Å². The van der Waals surface area contributed by atoms with Crippen molar-refractivity contribution in [2.75, 3.05) is 13.2 Å². The predicted octanol–water partition coefficient (Wildman–Crippen LogP) is 4.63. The molecule has 0 saturated carbocycles. The summed E-state index contributed by atoms with van der Waals surface area (Å²) in [5, 5.41) is 12.8. The van der Waals surface area contributed by atoms with Gasteiger partial charge in [-0.25, -0.2) is 4.39 Å². The van der Waals surface area contributed by atoms with Crippen LogP contribution in [0.25, 0.3) is 6.08 Å². The van der Waals surface area contributed by atoms with E-state index in [2.05, 4.69) is 29.8 Å². The second-order valence-corrected chi connectivity index (χ2v) is 8.66. The van der Waals surface area contributed by atoms with E-state index in [9.17, 15) is 14.4 Å². The molecule has 3 rings (SSSR count). The van der Waals surface area contributed by atoms with Crippen molar-refractivity contribution >= 4 is 12.0 Å². The van der Waals surface area contributed by atoms with Gasteiger partial charge in [0.25, 0.3) is 5.91 Å². The van der Waals surface area contributed by atoms with Crippen molar-refractivity contribution in [1.29, 1.82) is 5.26 Å². The first-order valence-corrected chi connectivity index (χ1v) is 10.7. The molecule has 164 valence electrons. The van der Waals surface area contributed by atoms with Gasteiger partial charge in [0.2, 0.25) is 0 Å². The third-order valence-corrected chi connectivity index (χ3v) is 5.92. The Labute approximate surface area is 183 Å². The summed E-state index contributed by atoms with van der Waals surface area (Å²) >= 11 is 0. The van der Waals surface area contributed by atoms with Gasteiger partial charge in [-0.2, -0.15) is 5.26 Å². The molecule has 2 aromatic rings. The molecular formula is C25H30FN3O2. The van der Waals surface area contributed by atoms with Crippen LogP contribution < -0.4 is 5.32 Å². The summed E-state index contributed by atoms with van der Waals surface area (Å²) in [5.41, 5.74) is 3.19. The Morgan fingerprint density at radius 3 is 2.52 bits per heavy atom. The van der Waals surface area contributed by atoms with Gasteiger partial charge in [-0.05, 0) is 68.0 Å². The largest absolute Gasteiger partial charge is 0.381 e. The number of nitrogens with zero attached hydrogens (tertiary/aromatic N) is 2. The van der Waals surface area contributed by atoms with Gasteiger partial charge in [-0.1, -0.05) is 26.0 Å². The second kappa shape index (κ2) is 9.49. The minimum absolute atomic E-state index is 0.0535. The highest BCUT2D eigenvalue weighted by molar-refractivity contribution is 6.02.